The average Bonchev–Trinajstić information content (AvgIpc) is 3.09. The van der Waals surface area contributed by atoms with Crippen molar-refractivity contribution in [3.63, 3.8) is 0 Å². The van der Waals surface area contributed by atoms with Crippen molar-refractivity contribution < 1.29 is 10.0 Å². The summed E-state index contributed by atoms with van der Waals surface area (Å²) in [5.74, 6) is 1.35. The largest absolute Gasteiger partial charge is 0.410 e. The Labute approximate surface area is 199 Å². The van der Waals surface area contributed by atoms with E-state index in [1.165, 1.54) is 58.3 Å². The van der Waals surface area contributed by atoms with Crippen molar-refractivity contribution >= 4 is 22.5 Å². The number of nitrogens with zero attached hydrogens (tertiary/aromatic N) is 4. The third-order valence-corrected chi connectivity index (χ3v) is 9.11. The molecule has 6 atom stereocenters. The highest BCUT2D eigenvalue weighted by Gasteiger charge is 2.47. The number of fused-ring (bicyclic) bond motifs is 5. The summed E-state index contributed by atoms with van der Waals surface area (Å²) >= 11 is 0. The number of Topliss-reactive ketones (excluding diaryl/α,β-unsaturated/α-hetero) is 1. The van der Waals surface area contributed by atoms with Crippen LogP contribution in [0.25, 0.3) is 11.0 Å². The number of benzene rings is 1. The van der Waals surface area contributed by atoms with Gasteiger partial charge in [-0.1, -0.05) is 36.6 Å². The molecule has 2 aliphatic heterocycles. The second-order valence-corrected chi connectivity index (χ2v) is 11.1. The standard InChI is InChI=1S/C27H34N4O3/c1-16(32)25(29-34)26-27(33)31(24-8-3-2-7-23(24)28-26)22-14-19-9-10-20(15-22)30(19)21-12-17-5-4-6-18(11-17)13-21/h2-3,7-8,17-22,34H,4-6,9-15H2,1H3/b29-25+/t17-,18+,19-,20+,21?,22?. The van der Waals surface area contributed by atoms with Crippen molar-refractivity contribution in [1.82, 2.24) is 14.5 Å². The molecule has 1 aromatic carbocycles. The molecule has 0 radical (unpaired) electrons. The maximum Gasteiger partial charge on any atom is 0.279 e. The first-order valence-electron chi connectivity index (χ1n) is 13.1. The lowest BCUT2D eigenvalue weighted by Gasteiger charge is -2.49. The van der Waals surface area contributed by atoms with Crippen LogP contribution in [0.5, 0.6) is 0 Å². The summed E-state index contributed by atoms with van der Waals surface area (Å²) in [6, 6.07) is 9.38. The third kappa shape index (κ3) is 3.60. The van der Waals surface area contributed by atoms with E-state index in [1.807, 2.05) is 28.8 Å². The van der Waals surface area contributed by atoms with E-state index in [2.05, 4.69) is 15.0 Å². The van der Waals surface area contributed by atoms with Gasteiger partial charge < -0.3 is 9.77 Å². The topological polar surface area (TPSA) is 87.8 Å². The fourth-order valence-electron chi connectivity index (χ4n) is 7.89. The van der Waals surface area contributed by atoms with Gasteiger partial charge in [-0.2, -0.15) is 0 Å². The molecular weight excluding hydrogens is 428 g/mol. The number of para-hydroxylation sites is 2. The number of ketones is 1. The van der Waals surface area contributed by atoms with Gasteiger partial charge in [0.05, 0.1) is 11.0 Å². The Hall–Kier alpha value is -2.54. The van der Waals surface area contributed by atoms with Gasteiger partial charge in [0, 0.05) is 31.1 Å². The number of aromatic nitrogens is 2. The van der Waals surface area contributed by atoms with Gasteiger partial charge in [0.25, 0.3) is 5.56 Å². The molecule has 4 aliphatic rings. The van der Waals surface area contributed by atoms with E-state index in [0.29, 0.717) is 23.6 Å². The lowest BCUT2D eigenvalue weighted by Crippen LogP contribution is -2.52. The first-order chi connectivity index (χ1) is 16.5. The molecule has 0 spiro atoms. The smallest absolute Gasteiger partial charge is 0.279 e. The molecular formula is C27H34N4O3. The summed E-state index contributed by atoms with van der Waals surface area (Å²) in [4.78, 5) is 33.1. The van der Waals surface area contributed by atoms with Crippen LogP contribution in [0.15, 0.2) is 34.2 Å². The summed E-state index contributed by atoms with van der Waals surface area (Å²) in [7, 11) is 0. The number of piperidine rings is 1. The zero-order valence-electron chi connectivity index (χ0n) is 19.9. The van der Waals surface area contributed by atoms with Crippen LogP contribution in [-0.4, -0.2) is 49.3 Å². The van der Waals surface area contributed by atoms with Gasteiger partial charge in [-0.05, 0) is 68.9 Å². The summed E-state index contributed by atoms with van der Waals surface area (Å²) in [6.45, 7) is 1.30. The normalized spacial score (nSPS) is 33.9. The predicted molar refractivity (Wildman–Crippen MR) is 130 cm³/mol. The van der Waals surface area contributed by atoms with E-state index in [0.717, 1.165) is 30.2 Å². The molecule has 0 amide bonds. The highest BCUT2D eigenvalue weighted by atomic mass is 16.4. The molecule has 2 aromatic rings. The molecule has 2 saturated heterocycles. The monoisotopic (exact) mass is 462 g/mol. The molecule has 180 valence electrons. The van der Waals surface area contributed by atoms with E-state index in [9.17, 15) is 14.8 Å². The average molecular weight is 463 g/mol. The summed E-state index contributed by atoms with van der Waals surface area (Å²) in [5.41, 5.74) is 0.797. The number of hydrogen-bond acceptors (Lipinski definition) is 6. The third-order valence-electron chi connectivity index (χ3n) is 9.11. The second kappa shape index (κ2) is 8.59. The molecule has 4 fully saturated rings. The van der Waals surface area contributed by atoms with E-state index in [1.54, 1.807) is 0 Å². The Kier molecular flexibility index (Phi) is 5.55. The van der Waals surface area contributed by atoms with Gasteiger partial charge in [-0.3, -0.25) is 14.5 Å². The molecule has 2 unspecified atom stereocenters. The summed E-state index contributed by atoms with van der Waals surface area (Å²) < 4.78 is 1.85. The lowest BCUT2D eigenvalue weighted by molar-refractivity contribution is -0.111. The van der Waals surface area contributed by atoms with Gasteiger partial charge in [0.15, 0.2) is 17.2 Å². The SMILES string of the molecule is CC(=O)/C(=N\O)c1nc2ccccc2n(C2C[C@H]3CC[C@@H](C2)N3C2C[C@H]3CCC[C@@H](C2)C3)c1=O. The Balaban J connectivity index is 1.35. The Morgan fingerprint density at radius 1 is 0.941 bits per heavy atom. The van der Waals surface area contributed by atoms with Crippen LogP contribution in [0.1, 0.15) is 82.9 Å². The van der Waals surface area contributed by atoms with Crippen LogP contribution in [0.2, 0.25) is 0 Å². The maximum absolute atomic E-state index is 13.7. The van der Waals surface area contributed by atoms with Crippen molar-refractivity contribution in [2.24, 2.45) is 17.0 Å². The highest BCUT2D eigenvalue weighted by Crippen LogP contribution is 2.48. The van der Waals surface area contributed by atoms with Gasteiger partial charge in [-0.25, -0.2) is 4.98 Å². The molecule has 7 heteroatoms. The number of oxime groups is 1. The van der Waals surface area contributed by atoms with E-state index < -0.39 is 5.78 Å². The molecule has 3 heterocycles. The zero-order chi connectivity index (χ0) is 23.4. The minimum Gasteiger partial charge on any atom is -0.410 e. The van der Waals surface area contributed by atoms with Crippen molar-refractivity contribution in [3.8, 4) is 0 Å². The number of rotatable bonds is 4. The van der Waals surface area contributed by atoms with E-state index in [-0.39, 0.29) is 23.0 Å². The number of carbonyl (C=O) groups excluding carboxylic acids is 1. The van der Waals surface area contributed by atoms with Crippen LogP contribution in [-0.2, 0) is 4.79 Å². The number of carbonyl (C=O) groups is 1. The summed E-state index contributed by atoms with van der Waals surface area (Å²) in [5, 5.41) is 12.6. The summed E-state index contributed by atoms with van der Waals surface area (Å²) in [6.07, 6.45) is 12.7. The molecule has 1 aromatic heterocycles. The molecule has 6 rings (SSSR count). The van der Waals surface area contributed by atoms with Gasteiger partial charge in [-0.15, -0.1) is 0 Å². The van der Waals surface area contributed by atoms with E-state index in [4.69, 9.17) is 0 Å². The van der Waals surface area contributed by atoms with Crippen molar-refractivity contribution in [3.05, 3.63) is 40.3 Å². The Morgan fingerprint density at radius 3 is 2.26 bits per heavy atom. The van der Waals surface area contributed by atoms with Crippen LogP contribution in [0.3, 0.4) is 0 Å². The predicted octanol–water partition coefficient (Wildman–Crippen LogP) is 4.30. The van der Waals surface area contributed by atoms with Crippen LogP contribution >= 0.6 is 0 Å². The molecule has 2 saturated carbocycles. The first kappa shape index (κ1) is 22.0. The molecule has 2 aliphatic carbocycles. The fourth-order valence-corrected chi connectivity index (χ4v) is 7.89. The van der Waals surface area contributed by atoms with Crippen LogP contribution in [0, 0.1) is 11.8 Å². The second-order valence-electron chi connectivity index (χ2n) is 11.1. The Bertz CT molecular complexity index is 1180. The minimum absolute atomic E-state index is 0.0522. The maximum atomic E-state index is 13.7. The first-order valence-corrected chi connectivity index (χ1v) is 13.1. The van der Waals surface area contributed by atoms with Gasteiger partial charge in [0.1, 0.15) is 0 Å². The van der Waals surface area contributed by atoms with Crippen molar-refractivity contribution in [1.29, 1.82) is 0 Å². The van der Waals surface area contributed by atoms with Crippen LogP contribution in [0.4, 0.5) is 0 Å². The molecule has 4 bridgehead atoms. The fraction of sp³-hybridized carbons (Fsp3) is 0.630. The van der Waals surface area contributed by atoms with Crippen LogP contribution < -0.4 is 5.56 Å². The Morgan fingerprint density at radius 2 is 1.62 bits per heavy atom. The van der Waals surface area contributed by atoms with Crippen molar-refractivity contribution in [2.45, 2.75) is 95.3 Å². The molecule has 1 N–H and O–H groups in total. The van der Waals surface area contributed by atoms with E-state index >= 15 is 0 Å². The molecule has 7 nitrogen and oxygen atoms in total. The molecule has 34 heavy (non-hydrogen) atoms. The quantitative estimate of drug-likeness (QED) is 0.416. The zero-order valence-corrected chi connectivity index (χ0v) is 19.9. The lowest BCUT2D eigenvalue weighted by atomic mass is 9.69. The van der Waals surface area contributed by atoms with Gasteiger partial charge >= 0.3 is 0 Å². The van der Waals surface area contributed by atoms with Crippen molar-refractivity contribution in [2.75, 3.05) is 0 Å². The highest BCUT2D eigenvalue weighted by molar-refractivity contribution is 6.44. The van der Waals surface area contributed by atoms with Gasteiger partial charge in [0.2, 0.25) is 0 Å². The number of hydrogen-bond donors (Lipinski definition) is 1. The minimum atomic E-state index is -0.466.